The lowest BCUT2D eigenvalue weighted by molar-refractivity contribution is 0.483. The van der Waals surface area contributed by atoms with Crippen molar-refractivity contribution >= 4 is 70.4 Å². The van der Waals surface area contributed by atoms with Gasteiger partial charge in [-0.25, -0.2) is 4.98 Å². The van der Waals surface area contributed by atoms with Crippen LogP contribution in [0.5, 0.6) is 11.5 Å². The molecule has 47 heavy (non-hydrogen) atoms. The first-order valence-electron chi connectivity index (χ1n) is 16.0. The van der Waals surface area contributed by atoms with Crippen LogP contribution >= 0.6 is 11.3 Å². The molecule has 0 saturated heterocycles. The Labute approximate surface area is 277 Å². The first kappa shape index (κ1) is 27.9. The van der Waals surface area contributed by atoms with Crippen molar-refractivity contribution in [2.75, 3.05) is 23.5 Å². The van der Waals surface area contributed by atoms with E-state index in [1.807, 2.05) is 23.6 Å². The van der Waals surface area contributed by atoms with Crippen LogP contribution in [0.25, 0.3) is 47.8 Å². The van der Waals surface area contributed by atoms with Crippen LogP contribution < -0.4 is 14.5 Å². The molecule has 1 aliphatic heterocycles. The maximum absolute atomic E-state index is 6.64. The minimum absolute atomic E-state index is 0.00913. The lowest BCUT2D eigenvalue weighted by atomic mass is 9.88. The number of aromatic nitrogens is 2. The Kier molecular flexibility index (Phi) is 6.15. The number of hydrogen-bond acceptors (Lipinski definition) is 5. The number of para-hydroxylation sites is 2. The van der Waals surface area contributed by atoms with Gasteiger partial charge < -0.3 is 14.5 Å². The Morgan fingerprint density at radius 3 is 2.36 bits per heavy atom. The largest absolute Gasteiger partial charge is 0.457 e. The predicted octanol–water partition coefficient (Wildman–Crippen LogP) is 11.2. The molecule has 0 aliphatic carbocycles. The minimum atomic E-state index is -0.00913. The Balaban J connectivity index is 1.22. The average Bonchev–Trinajstić information content (AvgIpc) is 3.73. The summed E-state index contributed by atoms with van der Waals surface area (Å²) in [7, 11) is 2.13. The molecule has 0 saturated carbocycles. The van der Waals surface area contributed by atoms with Crippen molar-refractivity contribution in [1.29, 1.82) is 0 Å². The molecule has 0 fully saturated rings. The van der Waals surface area contributed by atoms with Gasteiger partial charge in [0.15, 0.2) is 0 Å². The molecule has 9 rings (SSSR count). The van der Waals surface area contributed by atoms with Crippen molar-refractivity contribution in [3.8, 4) is 17.3 Å². The normalized spacial score (nSPS) is 13.4. The molecule has 0 bridgehead atoms. The molecule has 0 N–H and O–H groups in total. The van der Waals surface area contributed by atoms with Gasteiger partial charge in [0.05, 0.1) is 29.1 Å². The topological polar surface area (TPSA) is 33.5 Å². The van der Waals surface area contributed by atoms with E-state index in [2.05, 4.69) is 151 Å². The van der Waals surface area contributed by atoms with Crippen molar-refractivity contribution < 1.29 is 4.74 Å². The standard InChI is InChI=1S/C41H34N4OS/c1-41(2,3)26-20-21-42-38(22-26)45-35-24-29(46-28-11-9-10-27(23-28)44-25-43(4)33-13-6-7-14-34(33)44)16-17-30(35)31-18-19-37-39(40(31)45)32-12-5-8-15-36(32)47-37/h5-24H,25H2,1-4H3. The van der Waals surface area contributed by atoms with E-state index in [1.54, 1.807) is 0 Å². The number of pyridine rings is 1. The van der Waals surface area contributed by atoms with E-state index < -0.39 is 0 Å². The predicted molar refractivity (Wildman–Crippen MR) is 199 cm³/mol. The van der Waals surface area contributed by atoms with Gasteiger partial charge in [-0.1, -0.05) is 63.2 Å². The fraction of sp³-hybridized carbons (Fsp3) is 0.146. The molecule has 230 valence electrons. The SMILES string of the molecule is CN1CN(c2cccc(Oc3ccc4c5ccc6sc7ccccc7c6c5n(-c5cc(C(C)(C)C)ccn5)c4c3)c2)c2ccccc21. The molecule has 5 nitrogen and oxygen atoms in total. The van der Waals surface area contributed by atoms with Crippen molar-refractivity contribution in [2.45, 2.75) is 26.2 Å². The second-order valence-corrected chi connectivity index (χ2v) is 14.5. The molecule has 0 radical (unpaired) electrons. The Bertz CT molecular complexity index is 2500. The Morgan fingerprint density at radius 2 is 1.49 bits per heavy atom. The van der Waals surface area contributed by atoms with Crippen molar-refractivity contribution in [3.63, 3.8) is 0 Å². The van der Waals surface area contributed by atoms with Crippen molar-refractivity contribution in [1.82, 2.24) is 9.55 Å². The number of rotatable bonds is 4. The van der Waals surface area contributed by atoms with Gasteiger partial charge in [-0.05, 0) is 71.6 Å². The fourth-order valence-electron chi connectivity index (χ4n) is 7.05. The maximum atomic E-state index is 6.64. The van der Waals surface area contributed by atoms with E-state index >= 15 is 0 Å². The zero-order chi connectivity index (χ0) is 31.9. The highest BCUT2D eigenvalue weighted by Gasteiger charge is 2.25. The van der Waals surface area contributed by atoms with Crippen LogP contribution in [0.2, 0.25) is 0 Å². The number of nitrogens with zero attached hydrogens (tertiary/aromatic N) is 4. The van der Waals surface area contributed by atoms with E-state index in [-0.39, 0.29) is 5.41 Å². The van der Waals surface area contributed by atoms with Crippen LogP contribution in [0.3, 0.4) is 0 Å². The Hall–Kier alpha value is -5.33. The molecule has 0 atom stereocenters. The summed E-state index contributed by atoms with van der Waals surface area (Å²) in [6.07, 6.45) is 1.94. The summed E-state index contributed by atoms with van der Waals surface area (Å²) in [6, 6.07) is 41.0. The number of hydrogen-bond donors (Lipinski definition) is 0. The summed E-state index contributed by atoms with van der Waals surface area (Å²) in [5, 5.41) is 4.94. The van der Waals surface area contributed by atoms with Gasteiger partial charge in [0, 0.05) is 62.0 Å². The van der Waals surface area contributed by atoms with Gasteiger partial charge in [0.1, 0.15) is 17.3 Å². The van der Waals surface area contributed by atoms with E-state index in [0.717, 1.165) is 35.2 Å². The van der Waals surface area contributed by atoms with Gasteiger partial charge in [-0.3, -0.25) is 4.57 Å². The zero-order valence-corrected chi connectivity index (χ0v) is 27.7. The number of ether oxygens (including phenoxy) is 1. The van der Waals surface area contributed by atoms with Crippen LogP contribution in [0, 0.1) is 0 Å². The summed E-state index contributed by atoms with van der Waals surface area (Å²) in [5.74, 6) is 2.50. The summed E-state index contributed by atoms with van der Waals surface area (Å²) < 4.78 is 11.6. The van der Waals surface area contributed by atoms with Crippen molar-refractivity contribution in [2.24, 2.45) is 0 Å². The third-order valence-electron chi connectivity index (χ3n) is 9.38. The second kappa shape index (κ2) is 10.3. The van der Waals surface area contributed by atoms with Gasteiger partial charge in [-0.15, -0.1) is 11.3 Å². The monoisotopic (exact) mass is 630 g/mol. The molecule has 6 heteroatoms. The van der Waals surface area contributed by atoms with Crippen molar-refractivity contribution in [3.05, 3.63) is 127 Å². The van der Waals surface area contributed by atoms with E-state index in [4.69, 9.17) is 9.72 Å². The van der Waals surface area contributed by atoms with Gasteiger partial charge in [0.2, 0.25) is 0 Å². The molecule has 3 aromatic heterocycles. The number of thiophene rings is 1. The third-order valence-corrected chi connectivity index (χ3v) is 10.5. The summed E-state index contributed by atoms with van der Waals surface area (Å²) in [5.41, 5.74) is 7.03. The molecular formula is C41H34N4OS. The summed E-state index contributed by atoms with van der Waals surface area (Å²) >= 11 is 1.84. The molecule has 0 spiro atoms. The van der Waals surface area contributed by atoms with Crippen LogP contribution in [-0.4, -0.2) is 23.3 Å². The average molecular weight is 631 g/mol. The van der Waals surface area contributed by atoms with Crippen LogP contribution in [0.1, 0.15) is 26.3 Å². The smallest absolute Gasteiger partial charge is 0.137 e. The summed E-state index contributed by atoms with van der Waals surface area (Å²) in [6.45, 7) is 7.55. The van der Waals surface area contributed by atoms with Crippen LogP contribution in [0.15, 0.2) is 121 Å². The molecule has 0 unspecified atom stereocenters. The Morgan fingerprint density at radius 1 is 0.702 bits per heavy atom. The fourth-order valence-corrected chi connectivity index (χ4v) is 8.16. The highest BCUT2D eigenvalue weighted by molar-refractivity contribution is 7.26. The maximum Gasteiger partial charge on any atom is 0.137 e. The van der Waals surface area contributed by atoms with Crippen LogP contribution in [-0.2, 0) is 5.41 Å². The zero-order valence-electron chi connectivity index (χ0n) is 26.9. The van der Waals surface area contributed by atoms with Crippen LogP contribution in [0.4, 0.5) is 17.1 Å². The molecule has 0 amide bonds. The molecule has 5 aromatic carbocycles. The first-order chi connectivity index (χ1) is 22.8. The second-order valence-electron chi connectivity index (χ2n) is 13.5. The molecule has 8 aromatic rings. The van der Waals surface area contributed by atoms with Gasteiger partial charge in [-0.2, -0.15) is 0 Å². The lowest BCUT2D eigenvalue weighted by Gasteiger charge is -2.20. The van der Waals surface area contributed by atoms with E-state index in [1.165, 1.54) is 53.4 Å². The van der Waals surface area contributed by atoms with Gasteiger partial charge >= 0.3 is 0 Å². The number of anilines is 3. The lowest BCUT2D eigenvalue weighted by Crippen LogP contribution is -2.23. The first-order valence-corrected chi connectivity index (χ1v) is 16.9. The highest BCUT2D eigenvalue weighted by atomic mass is 32.1. The minimum Gasteiger partial charge on any atom is -0.457 e. The quantitative estimate of drug-likeness (QED) is 0.194. The number of benzene rings is 5. The molecule has 4 heterocycles. The molecular weight excluding hydrogens is 597 g/mol. The third kappa shape index (κ3) is 4.47. The number of fused-ring (bicyclic) bond motifs is 8. The van der Waals surface area contributed by atoms with Gasteiger partial charge in [0.25, 0.3) is 0 Å². The highest BCUT2D eigenvalue weighted by Crippen LogP contribution is 2.45. The van der Waals surface area contributed by atoms with E-state index in [9.17, 15) is 0 Å². The summed E-state index contributed by atoms with van der Waals surface area (Å²) in [4.78, 5) is 9.57. The molecule has 1 aliphatic rings. The van der Waals surface area contributed by atoms with E-state index in [0.29, 0.717) is 0 Å².